The summed E-state index contributed by atoms with van der Waals surface area (Å²) in [5.74, 6) is -1.98. The quantitative estimate of drug-likeness (QED) is 0.336. The molecule has 8 nitrogen and oxygen atoms in total. The highest BCUT2D eigenvalue weighted by atomic mass is 16.5. The number of aliphatic hydroxyl groups excluding tert-OH is 1. The van der Waals surface area contributed by atoms with Gasteiger partial charge in [0.05, 0.1) is 17.4 Å². The number of nitrogens with zero attached hydrogens (tertiary/aromatic N) is 1. The Hall–Kier alpha value is -3.23. The summed E-state index contributed by atoms with van der Waals surface area (Å²) in [6.07, 6.45) is 4.91. The Kier molecular flexibility index (Phi) is 8.52. The summed E-state index contributed by atoms with van der Waals surface area (Å²) in [5, 5.41) is 15.4. The number of fused-ring (bicyclic) bond motifs is 1. The normalized spacial score (nSPS) is 28.1. The molecule has 3 N–H and O–H groups in total. The Morgan fingerprint density at radius 1 is 1.02 bits per heavy atom. The Bertz CT molecular complexity index is 1280. The first kappa shape index (κ1) is 29.3. The molecule has 8 heteroatoms. The van der Waals surface area contributed by atoms with Crippen LogP contribution in [-0.2, 0) is 25.7 Å². The molecule has 0 saturated carbocycles. The molecule has 0 aliphatic carbocycles. The first-order chi connectivity index (χ1) is 19.8. The summed E-state index contributed by atoms with van der Waals surface area (Å²) in [4.78, 5) is 44.0. The van der Waals surface area contributed by atoms with Crippen molar-refractivity contribution in [3.63, 3.8) is 0 Å². The van der Waals surface area contributed by atoms with E-state index in [0.29, 0.717) is 45.2 Å². The number of hydrogen-bond donors (Lipinski definition) is 3. The van der Waals surface area contributed by atoms with Crippen molar-refractivity contribution in [3.8, 4) is 0 Å². The Morgan fingerprint density at radius 2 is 1.78 bits per heavy atom. The number of carbonyl (C=O) groups is 3. The van der Waals surface area contributed by atoms with Crippen molar-refractivity contribution >= 4 is 23.4 Å². The van der Waals surface area contributed by atoms with Crippen LogP contribution in [0.3, 0.4) is 0 Å². The number of aryl methyl sites for hydroxylation is 2. The third kappa shape index (κ3) is 5.28. The first-order valence-electron chi connectivity index (χ1n) is 15.1. The van der Waals surface area contributed by atoms with Gasteiger partial charge in [-0.1, -0.05) is 62.2 Å². The second kappa shape index (κ2) is 11.9. The molecule has 1 spiro atoms. The molecule has 3 aliphatic heterocycles. The molecule has 3 amide bonds. The summed E-state index contributed by atoms with van der Waals surface area (Å²) >= 11 is 0. The Morgan fingerprint density at radius 3 is 2.51 bits per heavy atom. The molecule has 3 fully saturated rings. The maximum Gasteiger partial charge on any atom is 0.250 e. The predicted octanol–water partition coefficient (Wildman–Crippen LogP) is 4.27. The fraction of sp³-hybridized carbons (Fsp3) is 0.545. The molecule has 2 unspecified atom stereocenters. The SMILES string of the molecule is CC[C@@]12CCC3(O1)C(C(=O)Nc1cc(C)ccc1C)N(CCCCCCO)C(=O)[C@@H]3[C@@H]2C(=O)NCc1ccccc1. The molecule has 3 aliphatic rings. The van der Waals surface area contributed by atoms with Crippen LogP contribution in [0, 0.1) is 25.7 Å². The van der Waals surface area contributed by atoms with Gasteiger partial charge in [-0.25, -0.2) is 0 Å². The molecule has 2 aromatic carbocycles. The van der Waals surface area contributed by atoms with Crippen molar-refractivity contribution < 1.29 is 24.2 Å². The number of ether oxygens (including phenoxy) is 1. The Labute approximate surface area is 242 Å². The van der Waals surface area contributed by atoms with E-state index in [2.05, 4.69) is 10.6 Å². The van der Waals surface area contributed by atoms with Crippen molar-refractivity contribution in [1.82, 2.24) is 10.2 Å². The van der Waals surface area contributed by atoms with Crippen molar-refractivity contribution in [2.75, 3.05) is 18.5 Å². The average molecular weight is 562 g/mol. The lowest BCUT2D eigenvalue weighted by molar-refractivity contribution is -0.146. The molecule has 3 heterocycles. The summed E-state index contributed by atoms with van der Waals surface area (Å²) in [6.45, 7) is 6.86. The maximum atomic E-state index is 14.3. The maximum absolute atomic E-state index is 14.3. The number of carbonyl (C=O) groups excluding carboxylic acids is 3. The monoisotopic (exact) mass is 561 g/mol. The van der Waals surface area contributed by atoms with Gasteiger partial charge in [0.15, 0.2) is 0 Å². The fourth-order valence-corrected chi connectivity index (χ4v) is 7.37. The van der Waals surface area contributed by atoms with Gasteiger partial charge >= 0.3 is 0 Å². The second-order valence-corrected chi connectivity index (χ2v) is 12.0. The summed E-state index contributed by atoms with van der Waals surface area (Å²) in [6, 6.07) is 14.8. The molecule has 5 atom stereocenters. The molecule has 3 saturated heterocycles. The number of rotatable bonds is 12. The van der Waals surface area contributed by atoms with Crippen LogP contribution >= 0.6 is 0 Å². The van der Waals surface area contributed by atoms with Gasteiger partial charge in [0, 0.05) is 25.4 Å². The minimum absolute atomic E-state index is 0.140. The van der Waals surface area contributed by atoms with E-state index < -0.39 is 29.1 Å². The molecular formula is C33H43N3O5. The smallest absolute Gasteiger partial charge is 0.250 e. The second-order valence-electron chi connectivity index (χ2n) is 12.0. The van der Waals surface area contributed by atoms with Crippen molar-refractivity contribution in [2.24, 2.45) is 11.8 Å². The minimum Gasteiger partial charge on any atom is -0.396 e. The van der Waals surface area contributed by atoms with Gasteiger partial charge in [-0.2, -0.15) is 0 Å². The summed E-state index contributed by atoms with van der Waals surface area (Å²) in [7, 11) is 0. The van der Waals surface area contributed by atoms with Crippen LogP contribution in [-0.4, -0.2) is 58.1 Å². The van der Waals surface area contributed by atoms with E-state index in [1.54, 1.807) is 4.90 Å². The summed E-state index contributed by atoms with van der Waals surface area (Å²) in [5.41, 5.74) is 1.86. The number of anilines is 1. The highest BCUT2D eigenvalue weighted by Gasteiger charge is 2.78. The zero-order chi connectivity index (χ0) is 29.2. The highest BCUT2D eigenvalue weighted by molar-refractivity contribution is 6.04. The van der Waals surface area contributed by atoms with E-state index in [1.807, 2.05) is 69.3 Å². The van der Waals surface area contributed by atoms with Gasteiger partial charge in [0.2, 0.25) is 17.7 Å². The standard InChI is InChI=1S/C33H43N3O5/c1-4-32-16-17-33(41-32)27(26(32)29(38)34-21-24-12-8-7-9-13-24)31(40)36(18-10-5-6-11-19-37)28(33)30(39)35-25-20-22(2)14-15-23(25)3/h7-9,12-15,20,26-28,37H,4-6,10-11,16-19,21H2,1-3H3,(H,34,38)(H,35,39)/t26-,27+,28?,32+,33?/m1/s1. The topological polar surface area (TPSA) is 108 Å². The molecule has 2 aromatic rings. The fourth-order valence-electron chi connectivity index (χ4n) is 7.37. The molecule has 0 aromatic heterocycles. The lowest BCUT2D eigenvalue weighted by atomic mass is 9.65. The third-order valence-electron chi connectivity index (χ3n) is 9.48. The van der Waals surface area contributed by atoms with E-state index in [9.17, 15) is 14.4 Å². The number of nitrogens with one attached hydrogen (secondary N) is 2. The van der Waals surface area contributed by atoms with Crippen molar-refractivity contribution in [1.29, 1.82) is 0 Å². The highest BCUT2D eigenvalue weighted by Crippen LogP contribution is 2.64. The van der Waals surface area contributed by atoms with E-state index in [4.69, 9.17) is 9.84 Å². The predicted molar refractivity (Wildman–Crippen MR) is 157 cm³/mol. The third-order valence-corrected chi connectivity index (χ3v) is 9.48. The van der Waals surface area contributed by atoms with E-state index in [0.717, 1.165) is 35.2 Å². The van der Waals surface area contributed by atoms with Gasteiger partial charge in [-0.15, -0.1) is 0 Å². The van der Waals surface area contributed by atoms with Crippen LogP contribution in [0.5, 0.6) is 0 Å². The molecule has 5 rings (SSSR count). The first-order valence-corrected chi connectivity index (χ1v) is 15.1. The van der Waals surface area contributed by atoms with Crippen LogP contribution in [0.1, 0.15) is 68.6 Å². The molecule has 41 heavy (non-hydrogen) atoms. The molecule has 2 bridgehead atoms. The van der Waals surface area contributed by atoms with Crippen LogP contribution < -0.4 is 10.6 Å². The van der Waals surface area contributed by atoms with Gasteiger partial charge in [0.1, 0.15) is 11.6 Å². The number of benzene rings is 2. The van der Waals surface area contributed by atoms with Crippen molar-refractivity contribution in [3.05, 3.63) is 65.2 Å². The van der Waals surface area contributed by atoms with E-state index in [1.165, 1.54) is 0 Å². The number of unbranched alkanes of at least 4 members (excludes halogenated alkanes) is 3. The van der Waals surface area contributed by atoms with Crippen molar-refractivity contribution in [2.45, 2.75) is 89.5 Å². The van der Waals surface area contributed by atoms with Crippen LogP contribution in [0.25, 0.3) is 0 Å². The lowest BCUT2D eigenvalue weighted by Crippen LogP contribution is -2.53. The molecular weight excluding hydrogens is 518 g/mol. The number of likely N-dealkylation sites (tertiary alicyclic amines) is 1. The Balaban J connectivity index is 1.45. The lowest BCUT2D eigenvalue weighted by Gasteiger charge is -2.34. The zero-order valence-electron chi connectivity index (χ0n) is 24.4. The van der Waals surface area contributed by atoms with Crippen LogP contribution in [0.2, 0.25) is 0 Å². The minimum atomic E-state index is -1.05. The zero-order valence-corrected chi connectivity index (χ0v) is 24.4. The van der Waals surface area contributed by atoms with E-state index >= 15 is 0 Å². The van der Waals surface area contributed by atoms with E-state index in [-0.39, 0.29) is 24.3 Å². The van der Waals surface area contributed by atoms with Gasteiger partial charge in [-0.05, 0) is 68.7 Å². The largest absolute Gasteiger partial charge is 0.396 e. The van der Waals surface area contributed by atoms with Gasteiger partial charge < -0.3 is 25.4 Å². The van der Waals surface area contributed by atoms with Crippen LogP contribution in [0.15, 0.2) is 48.5 Å². The number of hydrogen-bond acceptors (Lipinski definition) is 5. The van der Waals surface area contributed by atoms with Crippen LogP contribution in [0.4, 0.5) is 5.69 Å². The van der Waals surface area contributed by atoms with Gasteiger partial charge in [0.25, 0.3) is 0 Å². The summed E-state index contributed by atoms with van der Waals surface area (Å²) < 4.78 is 6.86. The molecule has 0 radical (unpaired) electrons. The average Bonchev–Trinajstić information content (AvgIpc) is 3.57. The number of amides is 3. The van der Waals surface area contributed by atoms with Gasteiger partial charge in [-0.3, -0.25) is 14.4 Å². The molecule has 220 valence electrons. The number of aliphatic hydroxyl groups is 1.